The molecule has 0 bridgehead atoms. The molecule has 3 rings (SSSR count). The Balaban J connectivity index is 2.20. The van der Waals surface area contributed by atoms with Gasteiger partial charge < -0.3 is 5.73 Å². The summed E-state index contributed by atoms with van der Waals surface area (Å²) in [4.78, 5) is 0. The van der Waals surface area contributed by atoms with Crippen molar-refractivity contribution in [3.8, 4) is 5.69 Å². The van der Waals surface area contributed by atoms with Crippen molar-refractivity contribution in [1.82, 2.24) is 15.0 Å². The fraction of sp³-hybridized carbons (Fsp3) is 0.143. The van der Waals surface area contributed by atoms with E-state index in [1.807, 2.05) is 41.1 Å². The second kappa shape index (κ2) is 4.23. The average Bonchev–Trinajstić information content (AvgIpc) is 2.82. The summed E-state index contributed by atoms with van der Waals surface area (Å²) in [5.41, 5.74) is 10.9. The van der Waals surface area contributed by atoms with Crippen LogP contribution < -0.4 is 5.73 Å². The maximum absolute atomic E-state index is 5.64. The number of rotatable bonds is 2. The summed E-state index contributed by atoms with van der Waals surface area (Å²) in [5.74, 6) is 0. The summed E-state index contributed by atoms with van der Waals surface area (Å²) in [5, 5.41) is 8.38. The van der Waals surface area contributed by atoms with Gasteiger partial charge in [-0.15, -0.1) is 5.10 Å². The van der Waals surface area contributed by atoms with Crippen LogP contribution >= 0.6 is 0 Å². The van der Waals surface area contributed by atoms with Crippen molar-refractivity contribution in [2.75, 3.05) is 0 Å². The van der Waals surface area contributed by atoms with Crippen molar-refractivity contribution in [3.63, 3.8) is 0 Å². The van der Waals surface area contributed by atoms with Crippen molar-refractivity contribution in [1.29, 1.82) is 0 Å². The molecule has 0 spiro atoms. The molecule has 0 aliphatic carbocycles. The van der Waals surface area contributed by atoms with Crippen LogP contribution in [0, 0.1) is 6.92 Å². The minimum atomic E-state index is 0.555. The van der Waals surface area contributed by atoms with Crippen LogP contribution in [0.15, 0.2) is 42.5 Å². The van der Waals surface area contributed by atoms with Crippen LogP contribution in [0.1, 0.15) is 11.1 Å². The molecule has 0 aliphatic heterocycles. The first kappa shape index (κ1) is 10.9. The van der Waals surface area contributed by atoms with Gasteiger partial charge in [0.25, 0.3) is 0 Å². The van der Waals surface area contributed by atoms with Gasteiger partial charge in [0.2, 0.25) is 0 Å². The first-order valence-corrected chi connectivity index (χ1v) is 5.90. The van der Waals surface area contributed by atoms with Crippen molar-refractivity contribution in [2.45, 2.75) is 13.5 Å². The number of aromatic nitrogens is 3. The predicted molar refractivity (Wildman–Crippen MR) is 71.5 cm³/mol. The van der Waals surface area contributed by atoms with E-state index in [2.05, 4.69) is 23.3 Å². The van der Waals surface area contributed by atoms with Crippen LogP contribution in [0.25, 0.3) is 16.7 Å². The lowest BCUT2D eigenvalue weighted by molar-refractivity contribution is 0.818. The van der Waals surface area contributed by atoms with Crippen LogP contribution in [0.2, 0.25) is 0 Å². The molecule has 18 heavy (non-hydrogen) atoms. The van der Waals surface area contributed by atoms with Gasteiger partial charge in [-0.3, -0.25) is 0 Å². The lowest BCUT2D eigenvalue weighted by Crippen LogP contribution is -2.02. The number of aryl methyl sites for hydroxylation is 1. The molecule has 2 N–H and O–H groups in total. The highest BCUT2D eigenvalue weighted by Gasteiger charge is 2.08. The Hall–Kier alpha value is -2.20. The first-order valence-electron chi connectivity index (χ1n) is 5.90. The van der Waals surface area contributed by atoms with E-state index in [0.717, 1.165) is 27.8 Å². The monoisotopic (exact) mass is 238 g/mol. The Kier molecular flexibility index (Phi) is 2.57. The summed E-state index contributed by atoms with van der Waals surface area (Å²) in [6.45, 7) is 2.62. The minimum absolute atomic E-state index is 0.555. The zero-order valence-corrected chi connectivity index (χ0v) is 10.2. The molecule has 4 nitrogen and oxygen atoms in total. The summed E-state index contributed by atoms with van der Waals surface area (Å²) < 4.78 is 1.87. The smallest absolute Gasteiger partial charge is 0.113 e. The van der Waals surface area contributed by atoms with Gasteiger partial charge in [-0.25, -0.2) is 4.68 Å². The molecule has 3 aromatic rings. The highest BCUT2D eigenvalue weighted by molar-refractivity contribution is 5.76. The van der Waals surface area contributed by atoms with Crippen molar-refractivity contribution < 1.29 is 0 Å². The summed E-state index contributed by atoms with van der Waals surface area (Å²) in [7, 11) is 0. The number of nitrogens with zero attached hydrogens (tertiary/aromatic N) is 3. The van der Waals surface area contributed by atoms with Gasteiger partial charge >= 0.3 is 0 Å². The molecular formula is C14H14N4. The summed E-state index contributed by atoms with van der Waals surface area (Å²) in [6, 6.07) is 14.1. The third-order valence-electron chi connectivity index (χ3n) is 3.08. The Morgan fingerprint density at radius 1 is 1.17 bits per heavy atom. The molecule has 0 aliphatic rings. The number of fused-ring (bicyclic) bond motifs is 1. The second-order valence-corrected chi connectivity index (χ2v) is 4.31. The van der Waals surface area contributed by atoms with E-state index in [1.165, 1.54) is 0 Å². The molecule has 90 valence electrons. The van der Waals surface area contributed by atoms with Gasteiger partial charge in [-0.1, -0.05) is 29.5 Å². The lowest BCUT2D eigenvalue weighted by atomic mass is 10.1. The fourth-order valence-corrected chi connectivity index (χ4v) is 2.13. The normalized spacial score (nSPS) is 11.0. The Labute approximate surface area is 105 Å². The van der Waals surface area contributed by atoms with Crippen molar-refractivity contribution in [3.05, 3.63) is 53.6 Å². The van der Waals surface area contributed by atoms with Crippen LogP contribution in [0.5, 0.6) is 0 Å². The summed E-state index contributed by atoms with van der Waals surface area (Å²) >= 11 is 0. The average molecular weight is 238 g/mol. The largest absolute Gasteiger partial charge is 0.326 e. The lowest BCUT2D eigenvalue weighted by Gasteiger charge is -2.07. The quantitative estimate of drug-likeness (QED) is 0.744. The molecule has 0 saturated heterocycles. The van der Waals surface area contributed by atoms with Crippen molar-refractivity contribution >= 4 is 11.0 Å². The Morgan fingerprint density at radius 2 is 2.00 bits per heavy atom. The Morgan fingerprint density at radius 3 is 2.78 bits per heavy atom. The van der Waals surface area contributed by atoms with Gasteiger partial charge in [-0.05, 0) is 36.2 Å². The van der Waals surface area contributed by atoms with Crippen LogP contribution in [-0.4, -0.2) is 15.0 Å². The number of benzene rings is 2. The number of hydrogen-bond acceptors (Lipinski definition) is 3. The van der Waals surface area contributed by atoms with Gasteiger partial charge in [0.1, 0.15) is 5.52 Å². The minimum Gasteiger partial charge on any atom is -0.326 e. The summed E-state index contributed by atoms with van der Waals surface area (Å²) in [6.07, 6.45) is 0. The number of nitrogens with two attached hydrogens (primary N) is 1. The first-order chi connectivity index (χ1) is 8.79. The highest BCUT2D eigenvalue weighted by Crippen LogP contribution is 2.19. The van der Waals surface area contributed by atoms with E-state index in [1.54, 1.807) is 0 Å². The maximum atomic E-state index is 5.64. The molecule has 0 saturated carbocycles. The van der Waals surface area contributed by atoms with Crippen LogP contribution in [0.4, 0.5) is 0 Å². The van der Waals surface area contributed by atoms with Crippen LogP contribution in [-0.2, 0) is 6.54 Å². The third-order valence-corrected chi connectivity index (χ3v) is 3.08. The van der Waals surface area contributed by atoms with E-state index >= 15 is 0 Å². The van der Waals surface area contributed by atoms with E-state index in [4.69, 9.17) is 5.73 Å². The molecule has 4 heteroatoms. The molecule has 0 amide bonds. The molecule has 2 aromatic carbocycles. The molecule has 0 fully saturated rings. The highest BCUT2D eigenvalue weighted by atomic mass is 15.4. The standard InChI is InChI=1S/C14H14N4/c1-10-8-11(9-15)6-7-13(10)18-14-5-3-2-4-12(14)16-17-18/h2-8H,9,15H2,1H3. The van der Waals surface area contributed by atoms with Crippen LogP contribution in [0.3, 0.4) is 0 Å². The zero-order chi connectivity index (χ0) is 12.5. The van der Waals surface area contributed by atoms with E-state index in [9.17, 15) is 0 Å². The predicted octanol–water partition coefficient (Wildman–Crippen LogP) is 2.19. The molecule has 1 aromatic heterocycles. The molecule has 1 heterocycles. The van der Waals surface area contributed by atoms with Gasteiger partial charge in [0.05, 0.1) is 11.2 Å². The molecular weight excluding hydrogens is 224 g/mol. The number of hydrogen-bond donors (Lipinski definition) is 1. The van der Waals surface area contributed by atoms with E-state index < -0.39 is 0 Å². The number of para-hydroxylation sites is 1. The van der Waals surface area contributed by atoms with Gasteiger partial charge in [0.15, 0.2) is 0 Å². The van der Waals surface area contributed by atoms with E-state index in [0.29, 0.717) is 6.54 Å². The second-order valence-electron chi connectivity index (χ2n) is 4.31. The van der Waals surface area contributed by atoms with E-state index in [-0.39, 0.29) is 0 Å². The SMILES string of the molecule is Cc1cc(CN)ccc1-n1nnc2ccccc21. The van der Waals surface area contributed by atoms with Crippen molar-refractivity contribution in [2.24, 2.45) is 5.73 Å². The third kappa shape index (κ3) is 1.67. The zero-order valence-electron chi connectivity index (χ0n) is 10.2. The molecule has 0 atom stereocenters. The topological polar surface area (TPSA) is 56.7 Å². The Bertz CT molecular complexity index is 700. The van der Waals surface area contributed by atoms with Gasteiger partial charge in [-0.2, -0.15) is 0 Å². The van der Waals surface area contributed by atoms with Gasteiger partial charge in [0, 0.05) is 6.54 Å². The fourth-order valence-electron chi connectivity index (χ4n) is 2.13. The maximum Gasteiger partial charge on any atom is 0.113 e. The molecule has 0 unspecified atom stereocenters. The molecule has 0 radical (unpaired) electrons.